The first kappa shape index (κ1) is 10.8. The highest BCUT2D eigenvalue weighted by Crippen LogP contribution is 1.92. The molecule has 1 rings (SSSR count). The van der Waals surface area contributed by atoms with E-state index in [1.165, 1.54) is 0 Å². The third-order valence-electron chi connectivity index (χ3n) is 0.965. The second kappa shape index (κ2) is 6.51. The van der Waals surface area contributed by atoms with Gasteiger partial charge in [0.15, 0.2) is 0 Å². The lowest BCUT2D eigenvalue weighted by molar-refractivity contribution is -0.150. The van der Waals surface area contributed by atoms with Crippen molar-refractivity contribution in [3.05, 3.63) is 12.2 Å². The van der Waals surface area contributed by atoms with Crippen LogP contribution < -0.4 is 11.5 Å². The molecule has 0 atom stereocenters. The van der Waals surface area contributed by atoms with Gasteiger partial charge in [-0.3, -0.25) is 0 Å². The molecule has 0 aromatic heterocycles. The molecule has 68 valence electrons. The number of ether oxygens (including phenoxy) is 1. The zero-order valence-corrected chi connectivity index (χ0v) is 6.66. The van der Waals surface area contributed by atoms with Crippen LogP contribution in [-0.4, -0.2) is 25.0 Å². The highest BCUT2D eigenvalue weighted by molar-refractivity contribution is 6.04. The summed E-state index contributed by atoms with van der Waals surface area (Å²) in [7, 11) is 0. The first-order chi connectivity index (χ1) is 5.70. The first-order valence-corrected chi connectivity index (χ1v) is 3.54. The molecule has 0 fully saturated rings. The Morgan fingerprint density at radius 2 is 1.50 bits per heavy atom. The largest absolute Gasteiger partial charge is 0.387 e. The van der Waals surface area contributed by atoms with Crippen molar-refractivity contribution < 1.29 is 14.3 Å². The van der Waals surface area contributed by atoms with Gasteiger partial charge in [-0.1, -0.05) is 0 Å². The summed E-state index contributed by atoms with van der Waals surface area (Å²) in [6.45, 7) is 1.44. The van der Waals surface area contributed by atoms with Gasteiger partial charge in [0.1, 0.15) is 0 Å². The highest BCUT2D eigenvalue weighted by atomic mass is 16.6. The predicted molar refractivity (Wildman–Crippen MR) is 43.0 cm³/mol. The normalized spacial score (nSPS) is 13.8. The van der Waals surface area contributed by atoms with Crippen LogP contribution in [0, 0.1) is 0 Å². The molecule has 5 nitrogen and oxygen atoms in total. The molecular weight excluding hydrogens is 160 g/mol. The summed E-state index contributed by atoms with van der Waals surface area (Å²) in [6, 6.07) is 0. The highest BCUT2D eigenvalue weighted by Gasteiger charge is 2.10. The van der Waals surface area contributed by atoms with E-state index in [2.05, 4.69) is 4.74 Å². The Kier molecular flexibility index (Phi) is 5.86. The molecule has 0 unspecified atom stereocenters. The number of nitrogens with two attached hydrogens (primary N) is 2. The Hall–Kier alpha value is -1.20. The molecule has 0 spiro atoms. The van der Waals surface area contributed by atoms with Crippen LogP contribution in [0.1, 0.15) is 6.42 Å². The molecule has 0 saturated heterocycles. The SMILES string of the molecule is NCCCN.O=C1C=CC(=O)O1. The molecule has 0 bridgehead atoms. The Morgan fingerprint density at radius 1 is 1.08 bits per heavy atom. The van der Waals surface area contributed by atoms with Gasteiger partial charge in [0, 0.05) is 12.2 Å². The maximum Gasteiger partial charge on any atom is 0.338 e. The van der Waals surface area contributed by atoms with Crippen molar-refractivity contribution >= 4 is 11.9 Å². The maximum atomic E-state index is 9.92. The van der Waals surface area contributed by atoms with Crippen LogP contribution in [0.4, 0.5) is 0 Å². The Bertz CT molecular complexity index is 171. The number of hydrogen-bond donors (Lipinski definition) is 2. The minimum atomic E-state index is -0.579. The van der Waals surface area contributed by atoms with E-state index >= 15 is 0 Å². The second-order valence-electron chi connectivity index (χ2n) is 2.00. The van der Waals surface area contributed by atoms with Crippen molar-refractivity contribution in [3.8, 4) is 0 Å². The lowest BCUT2D eigenvalue weighted by Crippen LogP contribution is -2.06. The molecule has 4 N–H and O–H groups in total. The summed E-state index contributed by atoms with van der Waals surface area (Å²) >= 11 is 0. The smallest absolute Gasteiger partial charge is 0.338 e. The monoisotopic (exact) mass is 172 g/mol. The standard InChI is InChI=1S/C4H2O3.C3H10N2/c5-3-1-2-4(6)7-3;4-2-1-3-5/h1-2H;1-5H2. The quantitative estimate of drug-likeness (QED) is 0.408. The van der Waals surface area contributed by atoms with Gasteiger partial charge >= 0.3 is 11.9 Å². The van der Waals surface area contributed by atoms with Gasteiger partial charge in [0.25, 0.3) is 0 Å². The van der Waals surface area contributed by atoms with E-state index in [4.69, 9.17) is 11.5 Å². The van der Waals surface area contributed by atoms with E-state index < -0.39 is 11.9 Å². The van der Waals surface area contributed by atoms with Crippen LogP contribution in [0.15, 0.2) is 12.2 Å². The molecule has 5 heteroatoms. The van der Waals surface area contributed by atoms with Gasteiger partial charge in [-0.15, -0.1) is 0 Å². The first-order valence-electron chi connectivity index (χ1n) is 3.54. The molecule has 0 amide bonds. The molecule has 0 saturated carbocycles. The van der Waals surface area contributed by atoms with Gasteiger partial charge in [-0.2, -0.15) is 0 Å². The van der Waals surface area contributed by atoms with E-state index in [1.54, 1.807) is 0 Å². The van der Waals surface area contributed by atoms with Crippen LogP contribution >= 0.6 is 0 Å². The van der Waals surface area contributed by atoms with Crippen LogP contribution in [0.3, 0.4) is 0 Å². The number of esters is 2. The zero-order chi connectivity index (χ0) is 9.40. The van der Waals surface area contributed by atoms with E-state index in [1.807, 2.05) is 0 Å². The minimum absolute atomic E-state index is 0.579. The summed E-state index contributed by atoms with van der Waals surface area (Å²) < 4.78 is 3.97. The van der Waals surface area contributed by atoms with E-state index in [-0.39, 0.29) is 0 Å². The van der Waals surface area contributed by atoms with Gasteiger partial charge < -0.3 is 16.2 Å². The van der Waals surface area contributed by atoms with Gasteiger partial charge in [0.05, 0.1) is 0 Å². The van der Waals surface area contributed by atoms with Crippen molar-refractivity contribution in [1.82, 2.24) is 0 Å². The van der Waals surface area contributed by atoms with Crippen molar-refractivity contribution in [2.75, 3.05) is 13.1 Å². The topological polar surface area (TPSA) is 95.4 Å². The Labute approximate surface area is 70.4 Å². The van der Waals surface area contributed by atoms with E-state index in [9.17, 15) is 9.59 Å². The molecule has 1 aliphatic heterocycles. The maximum absolute atomic E-state index is 9.92. The summed E-state index contributed by atoms with van der Waals surface area (Å²) in [5, 5.41) is 0. The number of hydrogen-bond acceptors (Lipinski definition) is 5. The third-order valence-corrected chi connectivity index (χ3v) is 0.965. The molecule has 0 aliphatic carbocycles. The Balaban J connectivity index is 0.000000217. The fourth-order valence-corrected chi connectivity index (χ4v) is 0.421. The van der Waals surface area contributed by atoms with Crippen molar-refractivity contribution in [3.63, 3.8) is 0 Å². The molecule has 0 aromatic rings. The molecule has 1 heterocycles. The Morgan fingerprint density at radius 3 is 1.58 bits per heavy atom. The van der Waals surface area contributed by atoms with E-state index in [0.29, 0.717) is 0 Å². The number of carbonyl (C=O) groups excluding carboxylic acids is 2. The van der Waals surface area contributed by atoms with Gasteiger partial charge in [0.2, 0.25) is 0 Å². The molecule has 1 aliphatic rings. The molecule has 0 radical (unpaired) electrons. The molecular formula is C7H12N2O3. The summed E-state index contributed by atoms with van der Waals surface area (Å²) in [5.74, 6) is -1.16. The van der Waals surface area contributed by atoms with Gasteiger partial charge in [-0.05, 0) is 19.5 Å². The van der Waals surface area contributed by atoms with Gasteiger partial charge in [-0.25, -0.2) is 9.59 Å². The predicted octanol–water partition coefficient (Wildman–Crippen LogP) is -1.08. The van der Waals surface area contributed by atoms with Crippen LogP contribution in [0.2, 0.25) is 0 Å². The second-order valence-corrected chi connectivity index (χ2v) is 2.00. The fourth-order valence-electron chi connectivity index (χ4n) is 0.421. The number of rotatable bonds is 2. The lowest BCUT2D eigenvalue weighted by Gasteiger charge is -1.81. The average Bonchev–Trinajstić information content (AvgIpc) is 2.38. The van der Waals surface area contributed by atoms with Crippen LogP contribution in [0.25, 0.3) is 0 Å². The van der Waals surface area contributed by atoms with Crippen molar-refractivity contribution in [2.45, 2.75) is 6.42 Å². The summed E-state index contributed by atoms with van der Waals surface area (Å²) in [6.07, 6.45) is 3.12. The fraction of sp³-hybridized carbons (Fsp3) is 0.429. The molecule has 0 aromatic carbocycles. The minimum Gasteiger partial charge on any atom is -0.387 e. The molecule has 12 heavy (non-hydrogen) atoms. The summed E-state index contributed by atoms with van der Waals surface area (Å²) in [4.78, 5) is 19.8. The van der Waals surface area contributed by atoms with Crippen LogP contribution in [-0.2, 0) is 14.3 Å². The zero-order valence-electron chi connectivity index (χ0n) is 6.66. The average molecular weight is 172 g/mol. The van der Waals surface area contributed by atoms with E-state index in [0.717, 1.165) is 31.7 Å². The number of carbonyl (C=O) groups is 2. The van der Waals surface area contributed by atoms with Crippen LogP contribution in [0.5, 0.6) is 0 Å². The summed E-state index contributed by atoms with van der Waals surface area (Å²) in [5.41, 5.74) is 10.1. The third kappa shape index (κ3) is 5.57. The van der Waals surface area contributed by atoms with Crippen molar-refractivity contribution in [1.29, 1.82) is 0 Å². The van der Waals surface area contributed by atoms with Crippen molar-refractivity contribution in [2.24, 2.45) is 11.5 Å². The number of cyclic esters (lactones) is 2. The lowest BCUT2D eigenvalue weighted by atomic mass is 10.4.